The standard InChI is InChI=1S/C13H13NO3/c1-9(13(15)16)8-10-2-4-11(5-3-10)12-14-6-7-17-12/h2-7,9H,8H2,1H3,(H,15,16). The second kappa shape index (κ2) is 4.82. The zero-order valence-corrected chi connectivity index (χ0v) is 9.46. The first kappa shape index (κ1) is 11.4. The summed E-state index contributed by atoms with van der Waals surface area (Å²) in [7, 11) is 0. The quantitative estimate of drug-likeness (QED) is 0.878. The summed E-state index contributed by atoms with van der Waals surface area (Å²) >= 11 is 0. The van der Waals surface area contributed by atoms with Gasteiger partial charge in [-0.25, -0.2) is 4.98 Å². The molecule has 0 spiro atoms. The molecule has 1 heterocycles. The van der Waals surface area contributed by atoms with Crippen LogP contribution in [0.2, 0.25) is 0 Å². The number of rotatable bonds is 4. The third kappa shape index (κ3) is 2.72. The molecule has 4 heteroatoms. The van der Waals surface area contributed by atoms with Gasteiger partial charge in [0.25, 0.3) is 0 Å². The molecule has 17 heavy (non-hydrogen) atoms. The Morgan fingerprint density at radius 1 is 1.41 bits per heavy atom. The van der Waals surface area contributed by atoms with E-state index in [1.54, 1.807) is 13.1 Å². The first-order chi connectivity index (χ1) is 8.16. The molecular formula is C13H13NO3. The van der Waals surface area contributed by atoms with Crippen LogP contribution in [0.4, 0.5) is 0 Å². The summed E-state index contributed by atoms with van der Waals surface area (Å²) in [5.41, 5.74) is 1.89. The van der Waals surface area contributed by atoms with Crippen LogP contribution in [0.25, 0.3) is 11.5 Å². The summed E-state index contributed by atoms with van der Waals surface area (Å²) in [4.78, 5) is 14.8. The van der Waals surface area contributed by atoms with Crippen LogP contribution >= 0.6 is 0 Å². The number of aliphatic carboxylic acids is 1. The number of carboxylic acid groups (broad SMARTS) is 1. The molecule has 2 aromatic rings. The predicted molar refractivity (Wildman–Crippen MR) is 62.4 cm³/mol. The smallest absolute Gasteiger partial charge is 0.306 e. The largest absolute Gasteiger partial charge is 0.481 e. The molecule has 1 unspecified atom stereocenters. The van der Waals surface area contributed by atoms with Crippen LogP contribution in [0.1, 0.15) is 12.5 Å². The minimum Gasteiger partial charge on any atom is -0.481 e. The molecule has 0 saturated heterocycles. The van der Waals surface area contributed by atoms with Crippen LogP contribution in [-0.4, -0.2) is 16.1 Å². The van der Waals surface area contributed by atoms with Gasteiger partial charge in [0, 0.05) is 5.56 Å². The molecule has 0 fully saturated rings. The third-order valence-electron chi connectivity index (χ3n) is 2.60. The highest BCUT2D eigenvalue weighted by molar-refractivity contribution is 5.70. The van der Waals surface area contributed by atoms with E-state index in [-0.39, 0.29) is 5.92 Å². The number of hydrogen-bond donors (Lipinski definition) is 1. The van der Waals surface area contributed by atoms with Gasteiger partial charge in [-0.05, 0) is 24.1 Å². The molecule has 0 aliphatic rings. The van der Waals surface area contributed by atoms with E-state index in [2.05, 4.69) is 4.98 Å². The Labute approximate surface area is 98.9 Å². The van der Waals surface area contributed by atoms with E-state index in [1.165, 1.54) is 6.26 Å². The van der Waals surface area contributed by atoms with Crippen LogP contribution in [0, 0.1) is 5.92 Å². The minimum absolute atomic E-state index is 0.373. The van der Waals surface area contributed by atoms with E-state index in [1.807, 2.05) is 24.3 Å². The summed E-state index contributed by atoms with van der Waals surface area (Å²) in [5, 5.41) is 8.82. The number of benzene rings is 1. The van der Waals surface area contributed by atoms with Crippen molar-refractivity contribution in [2.24, 2.45) is 5.92 Å². The molecule has 1 atom stereocenters. The summed E-state index contributed by atoms with van der Waals surface area (Å²) in [6, 6.07) is 7.57. The summed E-state index contributed by atoms with van der Waals surface area (Å²) in [6.45, 7) is 1.70. The van der Waals surface area contributed by atoms with Gasteiger partial charge in [-0.3, -0.25) is 4.79 Å². The Bertz CT molecular complexity index is 488. The monoisotopic (exact) mass is 231 g/mol. The Hall–Kier alpha value is -2.10. The lowest BCUT2D eigenvalue weighted by atomic mass is 10.0. The fraction of sp³-hybridized carbons (Fsp3) is 0.231. The molecule has 0 amide bonds. The van der Waals surface area contributed by atoms with Gasteiger partial charge in [-0.1, -0.05) is 19.1 Å². The summed E-state index contributed by atoms with van der Waals surface area (Å²) in [5.74, 6) is -0.577. The van der Waals surface area contributed by atoms with Crippen LogP contribution in [-0.2, 0) is 11.2 Å². The highest BCUT2D eigenvalue weighted by Crippen LogP contribution is 2.18. The van der Waals surface area contributed by atoms with Crippen LogP contribution in [0.5, 0.6) is 0 Å². The van der Waals surface area contributed by atoms with Gasteiger partial charge in [0.1, 0.15) is 6.26 Å². The molecule has 1 aromatic carbocycles. The minimum atomic E-state index is -0.776. The van der Waals surface area contributed by atoms with Crippen molar-refractivity contribution >= 4 is 5.97 Å². The van der Waals surface area contributed by atoms with Crippen LogP contribution < -0.4 is 0 Å². The van der Waals surface area contributed by atoms with Crippen LogP contribution in [0.15, 0.2) is 41.1 Å². The second-order valence-electron chi connectivity index (χ2n) is 3.98. The predicted octanol–water partition coefficient (Wildman–Crippen LogP) is 2.60. The van der Waals surface area contributed by atoms with Gasteiger partial charge in [0.2, 0.25) is 5.89 Å². The number of nitrogens with zero attached hydrogens (tertiary/aromatic N) is 1. The van der Waals surface area contributed by atoms with Gasteiger partial charge < -0.3 is 9.52 Å². The summed E-state index contributed by atoms with van der Waals surface area (Å²) in [6.07, 6.45) is 3.65. The number of carboxylic acids is 1. The molecule has 2 rings (SSSR count). The van der Waals surface area contributed by atoms with E-state index in [9.17, 15) is 4.79 Å². The van der Waals surface area contributed by atoms with E-state index in [4.69, 9.17) is 9.52 Å². The Morgan fingerprint density at radius 2 is 2.12 bits per heavy atom. The lowest BCUT2D eigenvalue weighted by molar-refractivity contribution is -0.141. The van der Waals surface area contributed by atoms with E-state index in [0.717, 1.165) is 11.1 Å². The fourth-order valence-electron chi connectivity index (χ4n) is 1.59. The van der Waals surface area contributed by atoms with Crippen molar-refractivity contribution < 1.29 is 14.3 Å². The lowest BCUT2D eigenvalue weighted by Crippen LogP contribution is -2.12. The van der Waals surface area contributed by atoms with E-state index in [0.29, 0.717) is 12.3 Å². The lowest BCUT2D eigenvalue weighted by Gasteiger charge is -2.06. The number of oxazole rings is 1. The van der Waals surface area contributed by atoms with E-state index >= 15 is 0 Å². The maximum absolute atomic E-state index is 10.7. The SMILES string of the molecule is CC(Cc1ccc(-c2ncco2)cc1)C(=O)O. The average molecular weight is 231 g/mol. The normalized spacial score (nSPS) is 12.3. The van der Waals surface area contributed by atoms with Gasteiger partial charge in [0.15, 0.2) is 0 Å². The molecule has 0 radical (unpaired) electrons. The average Bonchev–Trinajstić information content (AvgIpc) is 2.83. The van der Waals surface area contributed by atoms with Crippen molar-refractivity contribution in [1.82, 2.24) is 4.98 Å². The molecule has 1 N–H and O–H groups in total. The number of hydrogen-bond acceptors (Lipinski definition) is 3. The molecule has 0 aliphatic heterocycles. The number of carbonyl (C=O) groups is 1. The molecule has 1 aromatic heterocycles. The maximum Gasteiger partial charge on any atom is 0.306 e. The third-order valence-corrected chi connectivity index (χ3v) is 2.60. The first-order valence-electron chi connectivity index (χ1n) is 5.38. The van der Waals surface area contributed by atoms with Gasteiger partial charge in [-0.2, -0.15) is 0 Å². The van der Waals surface area contributed by atoms with Crippen molar-refractivity contribution in [2.75, 3.05) is 0 Å². The van der Waals surface area contributed by atoms with Gasteiger partial charge in [0.05, 0.1) is 12.1 Å². The van der Waals surface area contributed by atoms with Gasteiger partial charge in [-0.15, -0.1) is 0 Å². The fourth-order valence-corrected chi connectivity index (χ4v) is 1.59. The maximum atomic E-state index is 10.7. The molecular weight excluding hydrogens is 218 g/mol. The number of aromatic nitrogens is 1. The zero-order chi connectivity index (χ0) is 12.3. The molecule has 88 valence electrons. The van der Waals surface area contributed by atoms with Crippen molar-refractivity contribution in [3.63, 3.8) is 0 Å². The van der Waals surface area contributed by atoms with Crippen molar-refractivity contribution in [3.05, 3.63) is 42.3 Å². The van der Waals surface area contributed by atoms with Gasteiger partial charge >= 0.3 is 5.97 Å². The second-order valence-corrected chi connectivity index (χ2v) is 3.98. The van der Waals surface area contributed by atoms with Crippen LogP contribution in [0.3, 0.4) is 0 Å². The Morgan fingerprint density at radius 3 is 2.65 bits per heavy atom. The molecule has 4 nitrogen and oxygen atoms in total. The van der Waals surface area contributed by atoms with Crippen molar-refractivity contribution in [1.29, 1.82) is 0 Å². The van der Waals surface area contributed by atoms with Crippen molar-refractivity contribution in [2.45, 2.75) is 13.3 Å². The highest BCUT2D eigenvalue weighted by Gasteiger charge is 2.11. The molecule has 0 aliphatic carbocycles. The molecule has 0 saturated carbocycles. The Balaban J connectivity index is 2.11. The topological polar surface area (TPSA) is 63.3 Å². The van der Waals surface area contributed by atoms with Crippen molar-refractivity contribution in [3.8, 4) is 11.5 Å². The Kier molecular flexibility index (Phi) is 3.23. The van der Waals surface area contributed by atoms with E-state index < -0.39 is 5.97 Å². The zero-order valence-electron chi connectivity index (χ0n) is 9.46. The summed E-state index contributed by atoms with van der Waals surface area (Å²) < 4.78 is 5.17. The first-order valence-corrected chi connectivity index (χ1v) is 5.38. The highest BCUT2D eigenvalue weighted by atomic mass is 16.4. The molecule has 0 bridgehead atoms.